The van der Waals surface area contributed by atoms with Crippen molar-refractivity contribution in [2.45, 2.75) is 13.0 Å². The van der Waals surface area contributed by atoms with Crippen molar-refractivity contribution in [1.29, 1.82) is 0 Å². The number of para-hydroxylation sites is 1. The van der Waals surface area contributed by atoms with Gasteiger partial charge >= 0.3 is 0 Å². The van der Waals surface area contributed by atoms with Crippen molar-refractivity contribution in [2.75, 3.05) is 5.32 Å². The highest BCUT2D eigenvalue weighted by Gasteiger charge is 2.14. The van der Waals surface area contributed by atoms with E-state index in [0.717, 1.165) is 32.8 Å². The molecule has 4 aromatic rings. The Morgan fingerprint density at radius 2 is 1.88 bits per heavy atom. The van der Waals surface area contributed by atoms with Crippen LogP contribution in [-0.2, 0) is 7.05 Å². The fourth-order valence-corrected chi connectivity index (χ4v) is 3.20. The van der Waals surface area contributed by atoms with Crippen LogP contribution in [0.4, 0.5) is 5.95 Å². The van der Waals surface area contributed by atoms with Crippen molar-refractivity contribution < 1.29 is 0 Å². The Balaban J connectivity index is 1.59. The first kappa shape index (κ1) is 15.9. The molecule has 1 unspecified atom stereocenters. The van der Waals surface area contributed by atoms with Crippen LogP contribution in [0.5, 0.6) is 0 Å². The van der Waals surface area contributed by atoms with Crippen molar-refractivity contribution in [1.82, 2.24) is 19.3 Å². The predicted octanol–water partition coefficient (Wildman–Crippen LogP) is 4.69. The topological polar surface area (TPSA) is 47.7 Å². The van der Waals surface area contributed by atoms with Crippen molar-refractivity contribution in [3.63, 3.8) is 0 Å². The monoisotopic (exact) mass is 395 g/mol. The predicted molar refractivity (Wildman–Crippen MR) is 104 cm³/mol. The molecule has 25 heavy (non-hydrogen) atoms. The van der Waals surface area contributed by atoms with Crippen LogP contribution in [0.15, 0.2) is 65.3 Å². The third kappa shape index (κ3) is 3.05. The fraction of sp³-hybridized carbons (Fsp3) is 0.158. The van der Waals surface area contributed by atoms with E-state index in [2.05, 4.69) is 48.9 Å². The van der Waals surface area contributed by atoms with E-state index >= 15 is 0 Å². The second-order valence-electron chi connectivity index (χ2n) is 6.01. The molecular formula is C19H18BrN5. The number of benzene rings is 2. The minimum absolute atomic E-state index is 0.0453. The quantitative estimate of drug-likeness (QED) is 0.544. The molecule has 0 aliphatic carbocycles. The Morgan fingerprint density at radius 3 is 2.68 bits per heavy atom. The van der Waals surface area contributed by atoms with Crippen molar-refractivity contribution in [3.8, 4) is 5.69 Å². The van der Waals surface area contributed by atoms with Gasteiger partial charge < -0.3 is 9.88 Å². The summed E-state index contributed by atoms with van der Waals surface area (Å²) < 4.78 is 4.99. The first-order chi connectivity index (χ1) is 12.1. The van der Waals surface area contributed by atoms with Crippen molar-refractivity contribution in [3.05, 3.63) is 71.0 Å². The van der Waals surface area contributed by atoms with Crippen LogP contribution in [0.2, 0.25) is 0 Å². The lowest BCUT2D eigenvalue weighted by Crippen LogP contribution is -2.11. The third-order valence-corrected chi connectivity index (χ3v) is 4.76. The first-order valence-corrected chi connectivity index (χ1v) is 8.90. The molecule has 2 aromatic heterocycles. The Hall–Kier alpha value is -2.60. The van der Waals surface area contributed by atoms with E-state index < -0.39 is 0 Å². The second kappa shape index (κ2) is 6.37. The number of rotatable bonds is 4. The number of aryl methyl sites for hydroxylation is 1. The maximum Gasteiger partial charge on any atom is 0.204 e. The van der Waals surface area contributed by atoms with E-state index in [4.69, 9.17) is 0 Å². The lowest BCUT2D eigenvalue weighted by Gasteiger charge is -2.12. The van der Waals surface area contributed by atoms with Gasteiger partial charge in [-0.3, -0.25) is 0 Å². The van der Waals surface area contributed by atoms with E-state index in [1.54, 1.807) is 0 Å². The van der Waals surface area contributed by atoms with Crippen LogP contribution < -0.4 is 5.32 Å². The summed E-state index contributed by atoms with van der Waals surface area (Å²) in [6, 6.07) is 18.3. The van der Waals surface area contributed by atoms with Crippen LogP contribution in [-0.4, -0.2) is 19.3 Å². The molecule has 0 saturated heterocycles. The number of fused-ring (bicyclic) bond motifs is 1. The molecule has 2 aromatic carbocycles. The maximum atomic E-state index is 4.68. The highest BCUT2D eigenvalue weighted by atomic mass is 79.9. The number of anilines is 1. The largest absolute Gasteiger partial charge is 0.347 e. The molecule has 2 heterocycles. The van der Waals surface area contributed by atoms with Gasteiger partial charge in [-0.1, -0.05) is 34.1 Å². The number of hydrogen-bond acceptors (Lipinski definition) is 3. The average Bonchev–Trinajstić information content (AvgIpc) is 3.23. The molecule has 1 N–H and O–H groups in total. The third-order valence-electron chi connectivity index (χ3n) is 4.26. The molecule has 0 aliphatic rings. The van der Waals surface area contributed by atoms with Crippen molar-refractivity contribution in [2.24, 2.45) is 7.05 Å². The summed E-state index contributed by atoms with van der Waals surface area (Å²) in [5.41, 5.74) is 4.07. The highest BCUT2D eigenvalue weighted by Crippen LogP contribution is 2.24. The summed E-state index contributed by atoms with van der Waals surface area (Å²) >= 11 is 3.51. The Bertz CT molecular complexity index is 1020. The minimum atomic E-state index is 0.0453. The molecule has 1 atom stereocenters. The molecule has 0 radical (unpaired) electrons. The molecule has 6 heteroatoms. The zero-order valence-corrected chi connectivity index (χ0v) is 15.6. The fourth-order valence-electron chi connectivity index (χ4n) is 2.85. The SMILES string of the molecule is CC(Nc1nc2ccc(Br)cc2n1C)c1ccn(-c2ccccc2)n1. The van der Waals surface area contributed by atoms with Crippen LogP contribution in [0.3, 0.4) is 0 Å². The van der Waals surface area contributed by atoms with Crippen LogP contribution in [0.1, 0.15) is 18.7 Å². The molecule has 126 valence electrons. The number of hydrogen-bond donors (Lipinski definition) is 1. The van der Waals surface area contributed by atoms with E-state index in [-0.39, 0.29) is 6.04 Å². The van der Waals surface area contributed by atoms with Gasteiger partial charge in [-0.15, -0.1) is 0 Å². The average molecular weight is 396 g/mol. The molecule has 0 amide bonds. The van der Waals surface area contributed by atoms with Gasteiger partial charge in [0.1, 0.15) is 0 Å². The normalized spacial score (nSPS) is 12.4. The summed E-state index contributed by atoms with van der Waals surface area (Å²) in [7, 11) is 2.01. The molecule has 0 spiro atoms. The number of nitrogens with one attached hydrogen (secondary N) is 1. The standard InChI is InChI=1S/C19H18BrN5/c1-13(16-10-11-25(23-16)15-6-4-3-5-7-15)21-19-22-17-9-8-14(20)12-18(17)24(19)2/h3-13H,1-2H3,(H,21,22). The zero-order valence-electron chi connectivity index (χ0n) is 14.0. The van der Waals surface area contributed by atoms with Gasteiger partial charge in [-0.2, -0.15) is 5.10 Å². The van der Waals surface area contributed by atoms with Gasteiger partial charge in [0, 0.05) is 17.7 Å². The van der Waals surface area contributed by atoms with E-state index in [0.29, 0.717) is 0 Å². The number of aromatic nitrogens is 4. The number of imidazole rings is 1. The zero-order chi connectivity index (χ0) is 17.4. The summed E-state index contributed by atoms with van der Waals surface area (Å²) in [5, 5.41) is 8.14. The highest BCUT2D eigenvalue weighted by molar-refractivity contribution is 9.10. The first-order valence-electron chi connectivity index (χ1n) is 8.11. The molecule has 0 saturated carbocycles. The molecule has 4 rings (SSSR count). The Morgan fingerprint density at radius 1 is 1.08 bits per heavy atom. The van der Waals surface area contributed by atoms with Crippen LogP contribution in [0, 0.1) is 0 Å². The minimum Gasteiger partial charge on any atom is -0.347 e. The molecule has 5 nitrogen and oxygen atoms in total. The molecular weight excluding hydrogens is 378 g/mol. The summed E-state index contributed by atoms with van der Waals surface area (Å²) in [6.45, 7) is 2.09. The number of halogens is 1. The summed E-state index contributed by atoms with van der Waals surface area (Å²) in [6.07, 6.45) is 1.98. The van der Waals surface area contributed by atoms with Gasteiger partial charge in [0.05, 0.1) is 28.5 Å². The molecule has 0 aliphatic heterocycles. The van der Waals surface area contributed by atoms with Crippen molar-refractivity contribution >= 4 is 32.9 Å². The van der Waals surface area contributed by atoms with Crippen LogP contribution in [0.25, 0.3) is 16.7 Å². The molecule has 0 bridgehead atoms. The lowest BCUT2D eigenvalue weighted by atomic mass is 10.2. The van der Waals surface area contributed by atoms with Gasteiger partial charge in [0.2, 0.25) is 5.95 Å². The number of nitrogens with zero attached hydrogens (tertiary/aromatic N) is 4. The van der Waals surface area contributed by atoms with Gasteiger partial charge in [-0.25, -0.2) is 9.67 Å². The van der Waals surface area contributed by atoms with Gasteiger partial charge in [-0.05, 0) is 43.3 Å². The second-order valence-corrected chi connectivity index (χ2v) is 6.93. The maximum absolute atomic E-state index is 4.68. The van der Waals surface area contributed by atoms with Gasteiger partial charge in [0.15, 0.2) is 0 Å². The van der Waals surface area contributed by atoms with E-state index in [1.165, 1.54) is 0 Å². The summed E-state index contributed by atoms with van der Waals surface area (Å²) in [4.78, 5) is 4.68. The summed E-state index contributed by atoms with van der Waals surface area (Å²) in [5.74, 6) is 0.829. The smallest absolute Gasteiger partial charge is 0.204 e. The van der Waals surface area contributed by atoms with E-state index in [9.17, 15) is 0 Å². The van der Waals surface area contributed by atoms with E-state index in [1.807, 2.05) is 66.5 Å². The molecule has 0 fully saturated rings. The van der Waals surface area contributed by atoms with Crippen LogP contribution >= 0.6 is 15.9 Å². The Kier molecular flexibility index (Phi) is 4.05. The lowest BCUT2D eigenvalue weighted by molar-refractivity contribution is 0.762. The van der Waals surface area contributed by atoms with Gasteiger partial charge in [0.25, 0.3) is 0 Å². The Labute approximate surface area is 154 Å².